The van der Waals surface area contributed by atoms with E-state index in [9.17, 15) is 14.4 Å². The van der Waals surface area contributed by atoms with Gasteiger partial charge < -0.3 is 14.2 Å². The fourth-order valence-corrected chi connectivity index (χ4v) is 9.81. The molecule has 1 unspecified atom stereocenters. The summed E-state index contributed by atoms with van der Waals surface area (Å²) in [7, 11) is 0. The molecule has 0 saturated heterocycles. The molecule has 0 amide bonds. The first-order valence-corrected chi connectivity index (χ1v) is 34.1. The summed E-state index contributed by atoms with van der Waals surface area (Å²) in [6.45, 7) is 6.47. The second-order valence-electron chi connectivity index (χ2n) is 22.7. The molecule has 0 aromatic rings. The summed E-state index contributed by atoms with van der Waals surface area (Å²) >= 11 is 0. The molecular weight excluding hydrogens is 973 g/mol. The molecule has 0 bridgehead atoms. The van der Waals surface area contributed by atoms with E-state index in [0.717, 1.165) is 83.5 Å². The van der Waals surface area contributed by atoms with Crippen molar-refractivity contribution in [2.24, 2.45) is 0 Å². The Labute approximate surface area is 490 Å². The Kier molecular flexibility index (Phi) is 64.2. The van der Waals surface area contributed by atoms with Crippen LogP contribution in [0.2, 0.25) is 0 Å². The van der Waals surface area contributed by atoms with Gasteiger partial charge in [-0.2, -0.15) is 0 Å². The van der Waals surface area contributed by atoms with E-state index in [1.54, 1.807) is 6.08 Å². The van der Waals surface area contributed by atoms with Gasteiger partial charge in [-0.3, -0.25) is 14.4 Å². The highest BCUT2D eigenvalue weighted by Crippen LogP contribution is 2.17. The molecule has 0 radical (unpaired) electrons. The van der Waals surface area contributed by atoms with Crippen molar-refractivity contribution in [1.82, 2.24) is 0 Å². The third-order valence-corrected chi connectivity index (χ3v) is 14.9. The maximum Gasteiger partial charge on any atom is 0.310 e. The molecule has 0 fully saturated rings. The van der Waals surface area contributed by atoms with Gasteiger partial charge in [0.05, 0.1) is 6.42 Å². The topological polar surface area (TPSA) is 78.9 Å². The number of hydrogen-bond donors (Lipinski definition) is 0. The SMILES string of the molecule is CC/C=C\C/C=C\C/C=C\C/C=C\C/C=C\CC(=O)OC(COC(=O)CCCCCCC/C=C\CCCCCCCC)COC(=O)CCCCCCCCCCCCCCCCCCCCC/C=C\CCCCCCCCCC. The minimum atomic E-state index is -0.834. The predicted molar refractivity (Wildman–Crippen MR) is 344 cm³/mol. The number of hydrogen-bond acceptors (Lipinski definition) is 6. The fourth-order valence-electron chi connectivity index (χ4n) is 9.81. The zero-order valence-electron chi connectivity index (χ0n) is 52.4. The second-order valence-corrected chi connectivity index (χ2v) is 22.7. The summed E-state index contributed by atoms with van der Waals surface area (Å²) in [6.07, 6.45) is 89.4. The molecule has 0 aromatic carbocycles. The highest BCUT2D eigenvalue weighted by Gasteiger charge is 2.19. The predicted octanol–water partition coefficient (Wildman–Crippen LogP) is 23.4. The van der Waals surface area contributed by atoms with Crippen LogP contribution in [0.4, 0.5) is 0 Å². The lowest BCUT2D eigenvalue weighted by atomic mass is 10.0. The monoisotopic (exact) mass is 1100 g/mol. The maximum absolute atomic E-state index is 12.8. The largest absolute Gasteiger partial charge is 0.462 e. The van der Waals surface area contributed by atoms with Crippen molar-refractivity contribution in [3.8, 4) is 0 Å². The quantitative estimate of drug-likeness (QED) is 0.0261. The average molecular weight is 1100 g/mol. The summed E-state index contributed by atoms with van der Waals surface area (Å²) < 4.78 is 16.8. The summed E-state index contributed by atoms with van der Waals surface area (Å²) in [5, 5.41) is 0. The van der Waals surface area contributed by atoms with E-state index < -0.39 is 12.1 Å². The number of carbonyl (C=O) groups is 3. The molecule has 6 nitrogen and oxygen atoms in total. The fraction of sp³-hybridized carbons (Fsp3) is 0.767. The van der Waals surface area contributed by atoms with Gasteiger partial charge in [-0.25, -0.2) is 0 Å². The molecule has 0 aromatic heterocycles. The third kappa shape index (κ3) is 65.3. The van der Waals surface area contributed by atoms with E-state index in [1.807, 2.05) is 6.08 Å². The van der Waals surface area contributed by atoms with Gasteiger partial charge in [-0.05, 0) is 96.3 Å². The standard InChI is InChI=1S/C73H128O6/c1-4-7-10-13-16-19-22-25-28-29-30-31-32-33-34-35-36-37-38-39-40-41-42-43-46-48-51-54-57-60-63-66-72(75)78-69-70(79-73(76)67-64-61-58-55-52-49-45-27-24-21-18-15-12-9-6-3)68-77-71(74)65-62-59-56-53-50-47-44-26-23-20-17-14-11-8-5-2/h9,12,18,21,26-27,29-30,44-45,52,55,61,64,70H,4-8,10-11,13-17,19-20,22-25,28,31-43,46-51,53-54,56-60,62-63,65-69H2,1-3H3/b12-9-,21-18-,30-29-,44-26-,45-27-,55-52-,64-61-. The highest BCUT2D eigenvalue weighted by atomic mass is 16.6. The maximum atomic E-state index is 12.8. The van der Waals surface area contributed by atoms with Gasteiger partial charge in [0.1, 0.15) is 13.2 Å². The molecule has 0 rings (SSSR count). The Bertz CT molecular complexity index is 1500. The minimum absolute atomic E-state index is 0.0966. The van der Waals surface area contributed by atoms with Gasteiger partial charge >= 0.3 is 17.9 Å². The lowest BCUT2D eigenvalue weighted by Crippen LogP contribution is -2.30. The van der Waals surface area contributed by atoms with Gasteiger partial charge in [0.25, 0.3) is 0 Å². The van der Waals surface area contributed by atoms with Gasteiger partial charge in [0, 0.05) is 12.8 Å². The summed E-state index contributed by atoms with van der Waals surface area (Å²) in [5.41, 5.74) is 0. The lowest BCUT2D eigenvalue weighted by molar-refractivity contribution is -0.166. The van der Waals surface area contributed by atoms with Gasteiger partial charge in [-0.1, -0.05) is 311 Å². The van der Waals surface area contributed by atoms with Crippen molar-refractivity contribution in [2.45, 2.75) is 348 Å². The Morgan fingerprint density at radius 2 is 0.532 bits per heavy atom. The zero-order chi connectivity index (χ0) is 57.1. The number of ether oxygens (including phenoxy) is 3. The molecule has 0 heterocycles. The summed E-state index contributed by atoms with van der Waals surface area (Å²) in [6, 6.07) is 0. The van der Waals surface area contributed by atoms with Crippen molar-refractivity contribution in [2.75, 3.05) is 13.2 Å². The second kappa shape index (κ2) is 67.1. The molecular formula is C73H128O6. The molecule has 79 heavy (non-hydrogen) atoms. The van der Waals surface area contributed by atoms with Crippen LogP contribution in [0.15, 0.2) is 85.1 Å². The number of allylic oxidation sites excluding steroid dienone is 13. The van der Waals surface area contributed by atoms with Crippen LogP contribution in [-0.4, -0.2) is 37.2 Å². The van der Waals surface area contributed by atoms with E-state index in [1.165, 1.54) is 218 Å². The van der Waals surface area contributed by atoms with Crippen molar-refractivity contribution in [1.29, 1.82) is 0 Å². The van der Waals surface area contributed by atoms with Crippen LogP contribution >= 0.6 is 0 Å². The van der Waals surface area contributed by atoms with E-state index in [4.69, 9.17) is 14.2 Å². The Morgan fingerprint density at radius 3 is 0.823 bits per heavy atom. The summed E-state index contributed by atoms with van der Waals surface area (Å²) in [5.74, 6) is -1.04. The van der Waals surface area contributed by atoms with Crippen LogP contribution in [0.25, 0.3) is 0 Å². The van der Waals surface area contributed by atoms with Crippen LogP contribution in [0.1, 0.15) is 342 Å². The van der Waals surface area contributed by atoms with Crippen molar-refractivity contribution in [3.05, 3.63) is 85.1 Å². The van der Waals surface area contributed by atoms with Crippen LogP contribution in [0.5, 0.6) is 0 Å². The number of unbranched alkanes of at least 4 members (excludes halogenated alkanes) is 38. The van der Waals surface area contributed by atoms with Crippen LogP contribution in [0, 0.1) is 0 Å². The molecule has 456 valence electrons. The molecule has 0 N–H and O–H groups in total. The smallest absolute Gasteiger partial charge is 0.310 e. The average Bonchev–Trinajstić information content (AvgIpc) is 3.45. The first kappa shape index (κ1) is 75.6. The van der Waals surface area contributed by atoms with Gasteiger partial charge in [0.15, 0.2) is 6.10 Å². The van der Waals surface area contributed by atoms with E-state index in [0.29, 0.717) is 12.8 Å². The van der Waals surface area contributed by atoms with E-state index >= 15 is 0 Å². The molecule has 6 heteroatoms. The van der Waals surface area contributed by atoms with E-state index in [2.05, 4.69) is 93.7 Å². The summed E-state index contributed by atoms with van der Waals surface area (Å²) in [4.78, 5) is 38.2. The van der Waals surface area contributed by atoms with E-state index in [-0.39, 0.29) is 31.6 Å². The van der Waals surface area contributed by atoms with Crippen molar-refractivity contribution in [3.63, 3.8) is 0 Å². The number of esters is 3. The number of carbonyl (C=O) groups excluding carboxylic acids is 3. The van der Waals surface area contributed by atoms with Crippen LogP contribution < -0.4 is 0 Å². The third-order valence-electron chi connectivity index (χ3n) is 14.9. The first-order valence-electron chi connectivity index (χ1n) is 34.1. The molecule has 0 aliphatic rings. The molecule has 0 aliphatic carbocycles. The van der Waals surface area contributed by atoms with Crippen LogP contribution in [0.3, 0.4) is 0 Å². The lowest BCUT2D eigenvalue weighted by Gasteiger charge is -2.18. The molecule has 0 aliphatic heterocycles. The molecule has 0 spiro atoms. The van der Waals surface area contributed by atoms with Gasteiger partial charge in [0.2, 0.25) is 0 Å². The normalized spacial score (nSPS) is 12.6. The van der Waals surface area contributed by atoms with Crippen molar-refractivity contribution >= 4 is 17.9 Å². The Hall–Kier alpha value is -3.41. The van der Waals surface area contributed by atoms with Crippen LogP contribution in [-0.2, 0) is 28.6 Å². The van der Waals surface area contributed by atoms with Crippen molar-refractivity contribution < 1.29 is 28.6 Å². The minimum Gasteiger partial charge on any atom is -0.462 e. The molecule has 0 saturated carbocycles. The highest BCUT2D eigenvalue weighted by molar-refractivity contribution is 5.72. The zero-order valence-corrected chi connectivity index (χ0v) is 52.4. The number of rotatable bonds is 62. The Balaban J connectivity index is 4.23. The molecule has 1 atom stereocenters. The first-order chi connectivity index (χ1) is 39.0. The van der Waals surface area contributed by atoms with Gasteiger partial charge in [-0.15, -0.1) is 0 Å². The Morgan fingerprint density at radius 1 is 0.278 bits per heavy atom.